The molecule has 0 unspecified atom stereocenters. The van der Waals surface area contributed by atoms with Crippen molar-refractivity contribution >= 4 is 42.1 Å². The van der Waals surface area contributed by atoms with E-state index in [-0.39, 0.29) is 30.7 Å². The number of halogens is 2. The quantitative estimate of drug-likeness (QED) is 0.781. The van der Waals surface area contributed by atoms with Gasteiger partial charge in [0.2, 0.25) is 5.91 Å². The van der Waals surface area contributed by atoms with Crippen LogP contribution in [0.3, 0.4) is 0 Å². The monoisotopic (exact) mass is 416 g/mol. The van der Waals surface area contributed by atoms with E-state index in [1.807, 2.05) is 23.7 Å². The van der Waals surface area contributed by atoms with E-state index in [0.29, 0.717) is 12.5 Å². The Hall–Kier alpha value is -1.21. The average Bonchev–Trinajstić information content (AvgIpc) is 3.09. The summed E-state index contributed by atoms with van der Waals surface area (Å²) in [5.74, 6) is 0.201. The Balaban J connectivity index is 0.00000169. The number of thiazole rings is 1. The molecule has 1 fully saturated rings. The number of carbonyl (C=O) groups excluding carboxylic acids is 1. The first-order valence-electron chi connectivity index (χ1n) is 8.63. The smallest absolute Gasteiger partial charge is 0.228 e. The summed E-state index contributed by atoms with van der Waals surface area (Å²) in [6, 6.07) is 4.27. The summed E-state index contributed by atoms with van der Waals surface area (Å²) < 4.78 is 0. The molecule has 1 aliphatic rings. The van der Waals surface area contributed by atoms with E-state index in [1.54, 1.807) is 17.5 Å². The van der Waals surface area contributed by atoms with E-state index in [4.69, 9.17) is 0 Å². The normalized spacial score (nSPS) is 14.2. The Kier molecular flexibility index (Phi) is 10.1. The van der Waals surface area contributed by atoms with Crippen molar-refractivity contribution < 1.29 is 4.79 Å². The van der Waals surface area contributed by atoms with Crippen molar-refractivity contribution in [3.8, 4) is 10.6 Å². The predicted octanol–water partition coefficient (Wildman–Crippen LogP) is 3.58. The zero-order valence-electron chi connectivity index (χ0n) is 14.9. The third kappa shape index (κ3) is 5.91. The van der Waals surface area contributed by atoms with Gasteiger partial charge in [0, 0.05) is 35.9 Å². The maximum Gasteiger partial charge on any atom is 0.228 e. The topological polar surface area (TPSA) is 58.1 Å². The fourth-order valence-corrected chi connectivity index (χ4v) is 3.95. The van der Waals surface area contributed by atoms with E-state index in [1.165, 1.54) is 0 Å². The molecule has 1 saturated heterocycles. The van der Waals surface area contributed by atoms with Gasteiger partial charge in [-0.25, -0.2) is 4.98 Å². The number of rotatable bonds is 6. The van der Waals surface area contributed by atoms with E-state index in [0.717, 1.165) is 55.2 Å². The van der Waals surface area contributed by atoms with Gasteiger partial charge in [-0.2, -0.15) is 0 Å². The summed E-state index contributed by atoms with van der Waals surface area (Å²) in [4.78, 5) is 23.6. The van der Waals surface area contributed by atoms with E-state index in [9.17, 15) is 4.79 Å². The minimum Gasteiger partial charge on any atom is -0.339 e. The third-order valence-corrected chi connectivity index (χ3v) is 5.27. The molecule has 0 saturated carbocycles. The fourth-order valence-electron chi connectivity index (χ4n) is 3.14. The molecule has 144 valence electrons. The second-order valence-electron chi connectivity index (χ2n) is 6.13. The van der Waals surface area contributed by atoms with Crippen molar-refractivity contribution in [3.63, 3.8) is 0 Å². The molecule has 3 rings (SSSR count). The van der Waals surface area contributed by atoms with Gasteiger partial charge in [-0.3, -0.25) is 9.78 Å². The zero-order valence-corrected chi connectivity index (χ0v) is 17.3. The Morgan fingerprint density at radius 1 is 1.35 bits per heavy atom. The van der Waals surface area contributed by atoms with Gasteiger partial charge in [-0.1, -0.05) is 6.92 Å². The van der Waals surface area contributed by atoms with Crippen molar-refractivity contribution in [1.29, 1.82) is 0 Å². The van der Waals surface area contributed by atoms with Gasteiger partial charge in [-0.15, -0.1) is 36.2 Å². The predicted molar refractivity (Wildman–Crippen MR) is 111 cm³/mol. The molecular formula is C18H26Cl2N4OS. The molecule has 2 aromatic rings. The largest absolute Gasteiger partial charge is 0.339 e. The van der Waals surface area contributed by atoms with Crippen LogP contribution in [0.1, 0.15) is 31.9 Å². The molecular weight excluding hydrogens is 391 g/mol. The Morgan fingerprint density at radius 3 is 2.77 bits per heavy atom. The first-order chi connectivity index (χ1) is 11.8. The van der Waals surface area contributed by atoms with Gasteiger partial charge in [0.05, 0.1) is 12.1 Å². The Bertz CT molecular complexity index is 662. The highest BCUT2D eigenvalue weighted by Crippen LogP contribution is 2.23. The van der Waals surface area contributed by atoms with Gasteiger partial charge in [0.1, 0.15) is 5.01 Å². The number of nitrogens with zero attached hydrogens (tertiary/aromatic N) is 3. The van der Waals surface area contributed by atoms with Crippen molar-refractivity contribution in [3.05, 3.63) is 35.6 Å². The number of nitrogens with one attached hydrogen (secondary N) is 1. The number of hydrogen-bond donors (Lipinski definition) is 1. The van der Waals surface area contributed by atoms with Gasteiger partial charge in [-0.05, 0) is 44.5 Å². The standard InChI is InChI=1S/C18H24N4OS.2ClH/c1-2-10-22(16-5-8-19-9-6-16)17(23)11-15-13-24-18(21-15)14-4-3-7-20-12-14;;/h3-4,7,12-13,16,19H,2,5-6,8-11H2,1H3;2*1H. The lowest BCUT2D eigenvalue weighted by atomic mass is 10.0. The lowest BCUT2D eigenvalue weighted by Crippen LogP contribution is -2.47. The van der Waals surface area contributed by atoms with Crippen LogP contribution in [0, 0.1) is 0 Å². The summed E-state index contributed by atoms with van der Waals surface area (Å²) in [5, 5.41) is 6.29. The number of piperidine rings is 1. The molecule has 5 nitrogen and oxygen atoms in total. The van der Waals surface area contributed by atoms with E-state index >= 15 is 0 Å². The second-order valence-corrected chi connectivity index (χ2v) is 6.99. The molecule has 1 amide bonds. The molecule has 0 aromatic carbocycles. The van der Waals surface area contributed by atoms with Crippen LogP contribution >= 0.6 is 36.2 Å². The molecule has 1 N–H and O–H groups in total. The Labute approximate surface area is 171 Å². The van der Waals surface area contributed by atoms with E-state index < -0.39 is 0 Å². The molecule has 0 spiro atoms. The van der Waals surface area contributed by atoms with Crippen LogP contribution in [-0.4, -0.2) is 46.5 Å². The lowest BCUT2D eigenvalue weighted by molar-refractivity contribution is -0.133. The molecule has 2 aromatic heterocycles. The van der Waals surface area contributed by atoms with Crippen molar-refractivity contribution in [1.82, 2.24) is 20.2 Å². The molecule has 0 atom stereocenters. The average molecular weight is 417 g/mol. The molecule has 0 bridgehead atoms. The summed E-state index contributed by atoms with van der Waals surface area (Å²) in [5.41, 5.74) is 1.86. The van der Waals surface area contributed by atoms with E-state index in [2.05, 4.69) is 27.1 Å². The molecule has 0 radical (unpaired) electrons. The summed E-state index contributed by atoms with van der Waals surface area (Å²) in [7, 11) is 0. The molecule has 26 heavy (non-hydrogen) atoms. The van der Waals surface area contributed by atoms with Crippen LogP contribution in [0.25, 0.3) is 10.6 Å². The highest BCUT2D eigenvalue weighted by atomic mass is 35.5. The SMILES string of the molecule is CCCN(C(=O)Cc1csc(-c2cccnc2)n1)C1CCNCC1.Cl.Cl. The van der Waals surface area contributed by atoms with Crippen LogP contribution in [-0.2, 0) is 11.2 Å². The number of pyridine rings is 1. The highest BCUT2D eigenvalue weighted by molar-refractivity contribution is 7.13. The first-order valence-corrected chi connectivity index (χ1v) is 9.51. The third-order valence-electron chi connectivity index (χ3n) is 4.33. The molecule has 8 heteroatoms. The minimum absolute atomic E-state index is 0. The van der Waals surface area contributed by atoms with Gasteiger partial charge < -0.3 is 10.2 Å². The summed E-state index contributed by atoms with van der Waals surface area (Å²) in [6.07, 6.45) is 7.04. The van der Waals surface area contributed by atoms with Crippen molar-refractivity contribution in [2.45, 2.75) is 38.6 Å². The van der Waals surface area contributed by atoms with Crippen LogP contribution in [0.5, 0.6) is 0 Å². The van der Waals surface area contributed by atoms with Crippen molar-refractivity contribution in [2.75, 3.05) is 19.6 Å². The van der Waals surface area contributed by atoms with Crippen LogP contribution in [0.2, 0.25) is 0 Å². The maximum absolute atomic E-state index is 12.8. The van der Waals surface area contributed by atoms with Gasteiger partial charge in [0.25, 0.3) is 0 Å². The van der Waals surface area contributed by atoms with Crippen LogP contribution < -0.4 is 5.32 Å². The number of hydrogen-bond acceptors (Lipinski definition) is 5. The minimum atomic E-state index is 0. The number of amides is 1. The summed E-state index contributed by atoms with van der Waals surface area (Å²) >= 11 is 1.57. The molecule has 3 heterocycles. The summed E-state index contributed by atoms with van der Waals surface area (Å²) in [6.45, 7) is 4.97. The van der Waals surface area contributed by atoms with Crippen LogP contribution in [0.4, 0.5) is 0 Å². The number of aromatic nitrogens is 2. The van der Waals surface area contributed by atoms with Gasteiger partial charge in [0.15, 0.2) is 0 Å². The van der Waals surface area contributed by atoms with Gasteiger partial charge >= 0.3 is 0 Å². The highest BCUT2D eigenvalue weighted by Gasteiger charge is 2.25. The first kappa shape index (κ1) is 22.8. The maximum atomic E-state index is 12.8. The fraction of sp³-hybridized carbons (Fsp3) is 0.500. The molecule has 0 aliphatic carbocycles. The lowest BCUT2D eigenvalue weighted by Gasteiger charge is -2.34. The molecule has 1 aliphatic heterocycles. The van der Waals surface area contributed by atoms with Crippen molar-refractivity contribution in [2.24, 2.45) is 0 Å². The Morgan fingerprint density at radius 2 is 2.12 bits per heavy atom. The second kappa shape index (κ2) is 11.5. The zero-order chi connectivity index (χ0) is 16.8. The number of carbonyl (C=O) groups is 1. The van der Waals surface area contributed by atoms with Crippen LogP contribution in [0.15, 0.2) is 29.9 Å².